The van der Waals surface area contributed by atoms with E-state index in [0.29, 0.717) is 0 Å². The number of hydrogen-bond acceptors (Lipinski definition) is 3. The largest absolute Gasteiger partial charge is 0.383 e. The van der Waals surface area contributed by atoms with Crippen molar-refractivity contribution >= 4 is 5.91 Å². The Morgan fingerprint density at radius 3 is 2.50 bits per heavy atom. The Morgan fingerprint density at radius 2 is 2.00 bits per heavy atom. The van der Waals surface area contributed by atoms with Gasteiger partial charge in [0.2, 0.25) is 5.91 Å². The number of hydrogen-bond donors (Lipinski definition) is 2. The van der Waals surface area contributed by atoms with Crippen molar-refractivity contribution in [3.8, 4) is 0 Å². The van der Waals surface area contributed by atoms with Crippen molar-refractivity contribution in [2.45, 2.75) is 32.4 Å². The van der Waals surface area contributed by atoms with Gasteiger partial charge in [-0.1, -0.05) is 36.8 Å². The van der Waals surface area contributed by atoms with Crippen LogP contribution in [0.25, 0.3) is 0 Å². The fourth-order valence-corrected chi connectivity index (χ4v) is 1.75. The van der Waals surface area contributed by atoms with E-state index in [1.807, 2.05) is 38.1 Å². The van der Waals surface area contributed by atoms with Crippen LogP contribution < -0.4 is 11.1 Å². The number of benzene rings is 1. The van der Waals surface area contributed by atoms with Crippen LogP contribution in [0.1, 0.15) is 30.5 Å². The Kier molecular flexibility index (Phi) is 5.82. The van der Waals surface area contributed by atoms with Crippen LogP contribution in [-0.2, 0) is 9.53 Å². The van der Waals surface area contributed by atoms with Gasteiger partial charge in [0.1, 0.15) is 6.04 Å². The molecule has 1 amide bonds. The molecule has 0 spiro atoms. The summed E-state index contributed by atoms with van der Waals surface area (Å²) in [7, 11) is 1.53. The molecule has 0 saturated carbocycles. The van der Waals surface area contributed by atoms with Gasteiger partial charge in [0.05, 0.1) is 12.6 Å². The zero-order valence-electron chi connectivity index (χ0n) is 11.3. The van der Waals surface area contributed by atoms with Crippen LogP contribution in [0.3, 0.4) is 0 Å². The van der Waals surface area contributed by atoms with E-state index in [9.17, 15) is 4.79 Å². The quantitative estimate of drug-likeness (QED) is 0.805. The molecule has 100 valence electrons. The molecule has 2 atom stereocenters. The predicted molar refractivity (Wildman–Crippen MR) is 72.2 cm³/mol. The molecular formula is C14H22N2O2. The molecule has 1 aromatic rings. The first-order valence-corrected chi connectivity index (χ1v) is 6.20. The molecule has 0 aliphatic rings. The maximum atomic E-state index is 11.8. The minimum atomic E-state index is -0.616. The van der Waals surface area contributed by atoms with E-state index in [2.05, 4.69) is 5.32 Å². The first-order chi connectivity index (χ1) is 8.58. The molecule has 0 aromatic heterocycles. The molecule has 0 fully saturated rings. The lowest BCUT2D eigenvalue weighted by Gasteiger charge is -2.20. The summed E-state index contributed by atoms with van der Waals surface area (Å²) >= 11 is 0. The van der Waals surface area contributed by atoms with E-state index in [0.717, 1.165) is 12.0 Å². The average molecular weight is 250 g/mol. The van der Waals surface area contributed by atoms with E-state index < -0.39 is 6.04 Å². The number of methoxy groups -OCH3 is 1. The van der Waals surface area contributed by atoms with Gasteiger partial charge < -0.3 is 15.8 Å². The van der Waals surface area contributed by atoms with Gasteiger partial charge in [-0.15, -0.1) is 0 Å². The standard InChI is InChI=1S/C14H22N2O2/c1-4-13(11-7-5-10(2)6-8-11)16-14(17)12(15)9-18-3/h5-8,12-13H,4,9,15H2,1-3H3,(H,16,17). The molecule has 0 aliphatic heterocycles. The van der Waals surface area contributed by atoms with Crippen LogP contribution in [0.5, 0.6) is 0 Å². The Bertz CT molecular complexity index is 376. The van der Waals surface area contributed by atoms with E-state index >= 15 is 0 Å². The van der Waals surface area contributed by atoms with E-state index in [1.54, 1.807) is 0 Å². The third-order valence-electron chi connectivity index (χ3n) is 2.89. The topological polar surface area (TPSA) is 64.4 Å². The maximum Gasteiger partial charge on any atom is 0.239 e. The fourth-order valence-electron chi connectivity index (χ4n) is 1.75. The third kappa shape index (κ3) is 4.13. The second kappa shape index (κ2) is 7.13. The van der Waals surface area contributed by atoms with Crippen molar-refractivity contribution < 1.29 is 9.53 Å². The summed E-state index contributed by atoms with van der Waals surface area (Å²) in [5, 5.41) is 2.94. The zero-order valence-corrected chi connectivity index (χ0v) is 11.3. The summed E-state index contributed by atoms with van der Waals surface area (Å²) in [6.45, 7) is 4.31. The number of ether oxygens (including phenoxy) is 1. The van der Waals surface area contributed by atoms with Gasteiger partial charge in [-0.25, -0.2) is 0 Å². The number of rotatable bonds is 6. The second-order valence-corrected chi connectivity index (χ2v) is 4.44. The van der Waals surface area contributed by atoms with Crippen LogP contribution in [0.15, 0.2) is 24.3 Å². The minimum absolute atomic E-state index is 0.000932. The summed E-state index contributed by atoms with van der Waals surface area (Å²) in [6, 6.07) is 7.53. The molecule has 4 nitrogen and oxygen atoms in total. The Labute approximate surface area is 109 Å². The van der Waals surface area contributed by atoms with Gasteiger partial charge >= 0.3 is 0 Å². The molecule has 4 heteroatoms. The fraction of sp³-hybridized carbons (Fsp3) is 0.500. The van der Waals surface area contributed by atoms with Crippen LogP contribution >= 0.6 is 0 Å². The smallest absolute Gasteiger partial charge is 0.239 e. The molecule has 1 rings (SSSR count). The number of carbonyl (C=O) groups is 1. The maximum absolute atomic E-state index is 11.8. The molecule has 0 aliphatic carbocycles. The van der Waals surface area contributed by atoms with E-state index in [-0.39, 0.29) is 18.6 Å². The van der Waals surface area contributed by atoms with E-state index in [1.165, 1.54) is 12.7 Å². The van der Waals surface area contributed by atoms with Crippen LogP contribution in [0.4, 0.5) is 0 Å². The summed E-state index contributed by atoms with van der Waals surface area (Å²) in [4.78, 5) is 11.8. The van der Waals surface area contributed by atoms with Gasteiger partial charge in [-0.05, 0) is 18.9 Å². The lowest BCUT2D eigenvalue weighted by molar-refractivity contribution is -0.124. The van der Waals surface area contributed by atoms with Gasteiger partial charge in [-0.2, -0.15) is 0 Å². The van der Waals surface area contributed by atoms with Crippen molar-refractivity contribution in [3.05, 3.63) is 35.4 Å². The average Bonchev–Trinajstić information content (AvgIpc) is 2.37. The molecular weight excluding hydrogens is 228 g/mol. The highest BCUT2D eigenvalue weighted by Crippen LogP contribution is 2.17. The Hall–Kier alpha value is -1.39. The van der Waals surface area contributed by atoms with Gasteiger partial charge in [0, 0.05) is 7.11 Å². The molecule has 3 N–H and O–H groups in total. The number of nitrogens with one attached hydrogen (secondary N) is 1. The highest BCUT2D eigenvalue weighted by atomic mass is 16.5. The Balaban J connectivity index is 2.67. The van der Waals surface area contributed by atoms with Gasteiger partial charge in [-0.3, -0.25) is 4.79 Å². The van der Waals surface area contributed by atoms with E-state index in [4.69, 9.17) is 10.5 Å². The number of aryl methyl sites for hydroxylation is 1. The third-order valence-corrected chi connectivity index (χ3v) is 2.89. The predicted octanol–water partition coefficient (Wildman–Crippen LogP) is 1.54. The van der Waals surface area contributed by atoms with Crippen molar-refractivity contribution in [1.29, 1.82) is 0 Å². The molecule has 0 saturated heterocycles. The molecule has 0 heterocycles. The van der Waals surface area contributed by atoms with Crippen LogP contribution in [0.2, 0.25) is 0 Å². The first-order valence-electron chi connectivity index (χ1n) is 6.20. The SMILES string of the molecule is CCC(NC(=O)C(N)COC)c1ccc(C)cc1. The summed E-state index contributed by atoms with van der Waals surface area (Å²) in [6.07, 6.45) is 0.828. The molecule has 18 heavy (non-hydrogen) atoms. The molecule has 1 aromatic carbocycles. The number of nitrogens with two attached hydrogens (primary N) is 1. The molecule has 0 bridgehead atoms. The van der Waals surface area contributed by atoms with Crippen molar-refractivity contribution in [2.75, 3.05) is 13.7 Å². The molecule has 2 unspecified atom stereocenters. The van der Waals surface area contributed by atoms with Crippen LogP contribution in [0, 0.1) is 6.92 Å². The first kappa shape index (κ1) is 14.7. The van der Waals surface area contributed by atoms with Crippen molar-refractivity contribution in [3.63, 3.8) is 0 Å². The molecule has 0 radical (unpaired) electrons. The van der Waals surface area contributed by atoms with Crippen molar-refractivity contribution in [1.82, 2.24) is 5.32 Å². The van der Waals surface area contributed by atoms with Gasteiger partial charge in [0.15, 0.2) is 0 Å². The zero-order chi connectivity index (χ0) is 13.5. The van der Waals surface area contributed by atoms with Gasteiger partial charge in [0.25, 0.3) is 0 Å². The summed E-state index contributed by atoms with van der Waals surface area (Å²) in [5.74, 6) is -0.177. The summed E-state index contributed by atoms with van der Waals surface area (Å²) < 4.78 is 4.88. The number of amides is 1. The second-order valence-electron chi connectivity index (χ2n) is 4.44. The van der Waals surface area contributed by atoms with Crippen LogP contribution in [-0.4, -0.2) is 25.7 Å². The highest BCUT2D eigenvalue weighted by Gasteiger charge is 2.17. The summed E-state index contributed by atoms with van der Waals surface area (Å²) in [5.41, 5.74) is 8.00. The number of carbonyl (C=O) groups excluding carboxylic acids is 1. The Morgan fingerprint density at radius 1 is 1.39 bits per heavy atom. The lowest BCUT2D eigenvalue weighted by atomic mass is 10.0. The lowest BCUT2D eigenvalue weighted by Crippen LogP contribution is -2.44. The normalized spacial score (nSPS) is 14.0. The highest BCUT2D eigenvalue weighted by molar-refractivity contribution is 5.82. The minimum Gasteiger partial charge on any atom is -0.383 e. The monoisotopic (exact) mass is 250 g/mol. The van der Waals surface area contributed by atoms with Crippen molar-refractivity contribution in [2.24, 2.45) is 5.73 Å².